The molecule has 0 spiro atoms. The second kappa shape index (κ2) is 12.4. The summed E-state index contributed by atoms with van der Waals surface area (Å²) in [6.45, 7) is 5.18. The standard InChI is InChI=1S/C14H23NO4.C9H13N/c1-14(2)9-10(14)12(17)15-11(13(18)19)7-5-3-4-6-8-16;1-10(2)8-9-6-4-3-5-7-9/h7,10,16H,3-6,8-9H2,1-2H3,(H,15,17)(H,18,19);3-7H,8H2,1-2H3/b11-7+;. The maximum Gasteiger partial charge on any atom is 0.352 e. The Hall–Kier alpha value is -2.18. The Balaban J connectivity index is 0.000000352. The Morgan fingerprint density at radius 2 is 1.79 bits per heavy atom. The summed E-state index contributed by atoms with van der Waals surface area (Å²) in [5, 5.41) is 20.2. The van der Waals surface area contributed by atoms with E-state index in [1.54, 1.807) is 6.08 Å². The molecule has 2 rings (SSSR count). The third-order valence-electron chi connectivity index (χ3n) is 4.87. The normalized spacial score (nSPS) is 17.3. The lowest BCUT2D eigenvalue weighted by Crippen LogP contribution is -2.29. The molecule has 6 heteroatoms. The molecular weight excluding hydrogens is 368 g/mol. The minimum Gasteiger partial charge on any atom is -0.477 e. The number of carbonyl (C=O) groups excluding carboxylic acids is 1. The van der Waals surface area contributed by atoms with Crippen LogP contribution in [-0.2, 0) is 16.1 Å². The molecule has 1 atom stereocenters. The van der Waals surface area contributed by atoms with Crippen LogP contribution >= 0.6 is 0 Å². The van der Waals surface area contributed by atoms with Gasteiger partial charge in [0.1, 0.15) is 5.70 Å². The molecule has 0 bridgehead atoms. The maximum atomic E-state index is 11.8. The molecule has 1 aliphatic rings. The molecule has 1 aromatic carbocycles. The predicted molar refractivity (Wildman–Crippen MR) is 115 cm³/mol. The zero-order valence-electron chi connectivity index (χ0n) is 18.1. The number of allylic oxidation sites excluding steroid dienone is 1. The van der Waals surface area contributed by atoms with Crippen molar-refractivity contribution >= 4 is 11.9 Å². The van der Waals surface area contributed by atoms with E-state index in [1.165, 1.54) is 5.56 Å². The highest BCUT2D eigenvalue weighted by atomic mass is 16.4. The Labute approximate surface area is 174 Å². The summed E-state index contributed by atoms with van der Waals surface area (Å²) < 4.78 is 0. The smallest absolute Gasteiger partial charge is 0.352 e. The van der Waals surface area contributed by atoms with Crippen molar-refractivity contribution in [3.8, 4) is 0 Å². The summed E-state index contributed by atoms with van der Waals surface area (Å²) in [6.07, 6.45) is 5.33. The number of aliphatic hydroxyl groups is 1. The van der Waals surface area contributed by atoms with Gasteiger partial charge in [-0.15, -0.1) is 0 Å². The largest absolute Gasteiger partial charge is 0.477 e. The molecule has 3 N–H and O–H groups in total. The fourth-order valence-electron chi connectivity index (χ4n) is 2.95. The Kier molecular flexibility index (Phi) is 10.6. The summed E-state index contributed by atoms with van der Waals surface area (Å²) in [4.78, 5) is 25.0. The van der Waals surface area contributed by atoms with E-state index in [0.29, 0.717) is 6.42 Å². The van der Waals surface area contributed by atoms with E-state index in [4.69, 9.17) is 10.2 Å². The molecule has 6 nitrogen and oxygen atoms in total. The fraction of sp³-hybridized carbons (Fsp3) is 0.565. The van der Waals surface area contributed by atoms with Gasteiger partial charge in [-0.1, -0.05) is 56.7 Å². The number of carboxylic acid groups (broad SMARTS) is 1. The number of carbonyl (C=O) groups is 2. The van der Waals surface area contributed by atoms with Gasteiger partial charge < -0.3 is 20.4 Å². The monoisotopic (exact) mass is 404 g/mol. The maximum absolute atomic E-state index is 11.8. The lowest BCUT2D eigenvalue weighted by molar-refractivity contribution is -0.135. The number of nitrogens with one attached hydrogen (secondary N) is 1. The van der Waals surface area contributed by atoms with Gasteiger partial charge in [-0.05, 0) is 50.8 Å². The molecular formula is C23H36N2O4. The van der Waals surface area contributed by atoms with Gasteiger partial charge >= 0.3 is 5.97 Å². The van der Waals surface area contributed by atoms with Gasteiger partial charge in [0.05, 0.1) is 0 Å². The van der Waals surface area contributed by atoms with Gasteiger partial charge in [-0.25, -0.2) is 4.79 Å². The number of nitrogens with zero attached hydrogens (tertiary/aromatic N) is 1. The zero-order chi connectivity index (χ0) is 21.9. The second-order valence-electron chi connectivity index (χ2n) is 8.45. The van der Waals surface area contributed by atoms with Crippen LogP contribution in [0.1, 0.15) is 51.5 Å². The van der Waals surface area contributed by atoms with Crippen molar-refractivity contribution in [3.05, 3.63) is 47.7 Å². The predicted octanol–water partition coefficient (Wildman–Crippen LogP) is 3.42. The SMILES string of the molecule is CC1(C)CC1C(=O)N/C(=C/CCCCCO)C(=O)O.CN(C)Cc1ccccc1. The Bertz CT molecular complexity index is 669. The first-order chi connectivity index (χ1) is 13.7. The number of aliphatic carboxylic acids is 1. The number of benzene rings is 1. The van der Waals surface area contributed by atoms with Crippen LogP contribution in [0.3, 0.4) is 0 Å². The molecule has 0 radical (unpaired) electrons. The minimum absolute atomic E-state index is 0.00514. The average Bonchev–Trinajstić information content (AvgIpc) is 3.29. The van der Waals surface area contributed by atoms with Crippen molar-refractivity contribution in [2.24, 2.45) is 11.3 Å². The van der Waals surface area contributed by atoms with Crippen molar-refractivity contribution in [2.75, 3.05) is 20.7 Å². The van der Waals surface area contributed by atoms with E-state index < -0.39 is 5.97 Å². The molecule has 1 unspecified atom stereocenters. The molecule has 1 amide bonds. The van der Waals surface area contributed by atoms with Gasteiger partial charge in [0.2, 0.25) is 5.91 Å². The van der Waals surface area contributed by atoms with Crippen LogP contribution in [0.25, 0.3) is 0 Å². The van der Waals surface area contributed by atoms with Crippen LogP contribution in [0.2, 0.25) is 0 Å². The topological polar surface area (TPSA) is 89.9 Å². The number of hydrogen-bond donors (Lipinski definition) is 3. The highest BCUT2D eigenvalue weighted by molar-refractivity contribution is 5.94. The van der Waals surface area contributed by atoms with Crippen LogP contribution in [0, 0.1) is 11.3 Å². The molecule has 0 saturated heterocycles. The van der Waals surface area contributed by atoms with Crippen LogP contribution in [0.4, 0.5) is 0 Å². The number of carboxylic acids is 1. The van der Waals surface area contributed by atoms with E-state index >= 15 is 0 Å². The number of amides is 1. The summed E-state index contributed by atoms with van der Waals surface area (Å²) >= 11 is 0. The highest BCUT2D eigenvalue weighted by Gasteiger charge is 2.50. The molecule has 1 fully saturated rings. The number of aliphatic hydroxyl groups excluding tert-OH is 1. The van der Waals surface area contributed by atoms with Crippen molar-refractivity contribution in [1.82, 2.24) is 10.2 Å². The van der Waals surface area contributed by atoms with Gasteiger partial charge in [-0.3, -0.25) is 4.79 Å². The van der Waals surface area contributed by atoms with Gasteiger partial charge in [-0.2, -0.15) is 0 Å². The summed E-state index contributed by atoms with van der Waals surface area (Å²) in [7, 11) is 4.15. The quantitative estimate of drug-likeness (QED) is 0.411. The molecule has 29 heavy (non-hydrogen) atoms. The molecule has 1 saturated carbocycles. The Morgan fingerprint density at radius 1 is 1.17 bits per heavy atom. The van der Waals surface area contributed by atoms with E-state index in [2.05, 4.69) is 48.6 Å². The van der Waals surface area contributed by atoms with Crippen molar-refractivity contribution in [1.29, 1.82) is 0 Å². The fourth-order valence-corrected chi connectivity index (χ4v) is 2.95. The summed E-state index contributed by atoms with van der Waals surface area (Å²) in [6, 6.07) is 10.5. The average molecular weight is 405 g/mol. The number of hydrogen-bond acceptors (Lipinski definition) is 4. The molecule has 1 aliphatic carbocycles. The highest BCUT2D eigenvalue weighted by Crippen LogP contribution is 2.51. The molecule has 0 heterocycles. The zero-order valence-corrected chi connectivity index (χ0v) is 18.1. The number of unbranched alkanes of at least 4 members (excludes halogenated alkanes) is 3. The van der Waals surface area contributed by atoms with Crippen LogP contribution in [0.5, 0.6) is 0 Å². The Morgan fingerprint density at radius 3 is 2.28 bits per heavy atom. The van der Waals surface area contributed by atoms with Crippen LogP contribution in [-0.4, -0.2) is 47.7 Å². The first kappa shape index (κ1) is 24.9. The summed E-state index contributed by atoms with van der Waals surface area (Å²) in [5.41, 5.74) is 1.33. The summed E-state index contributed by atoms with van der Waals surface area (Å²) in [5.74, 6) is -1.38. The first-order valence-electron chi connectivity index (χ1n) is 10.2. The van der Waals surface area contributed by atoms with E-state index in [9.17, 15) is 9.59 Å². The van der Waals surface area contributed by atoms with Crippen molar-refractivity contribution < 1.29 is 19.8 Å². The minimum atomic E-state index is -1.10. The van der Waals surface area contributed by atoms with Crippen molar-refractivity contribution in [3.63, 3.8) is 0 Å². The molecule has 0 aromatic heterocycles. The van der Waals surface area contributed by atoms with Crippen LogP contribution in [0.15, 0.2) is 42.1 Å². The molecule has 0 aliphatic heterocycles. The van der Waals surface area contributed by atoms with Crippen LogP contribution < -0.4 is 5.32 Å². The van der Waals surface area contributed by atoms with Gasteiger partial charge in [0.15, 0.2) is 0 Å². The second-order valence-corrected chi connectivity index (χ2v) is 8.45. The van der Waals surface area contributed by atoms with Gasteiger partial charge in [0.25, 0.3) is 0 Å². The lowest BCUT2D eigenvalue weighted by atomic mass is 10.1. The van der Waals surface area contributed by atoms with Gasteiger partial charge in [0, 0.05) is 19.1 Å². The van der Waals surface area contributed by atoms with E-state index in [1.807, 2.05) is 19.9 Å². The third kappa shape index (κ3) is 10.2. The van der Waals surface area contributed by atoms with Crippen molar-refractivity contribution in [2.45, 2.75) is 52.5 Å². The lowest BCUT2D eigenvalue weighted by Gasteiger charge is -2.08. The number of rotatable bonds is 10. The van der Waals surface area contributed by atoms with E-state index in [0.717, 1.165) is 32.2 Å². The first-order valence-corrected chi connectivity index (χ1v) is 10.2. The molecule has 1 aromatic rings. The van der Waals surface area contributed by atoms with E-state index in [-0.39, 0.29) is 29.5 Å². The molecule has 162 valence electrons. The third-order valence-corrected chi connectivity index (χ3v) is 4.87.